The van der Waals surface area contributed by atoms with Crippen LogP contribution in [0.4, 0.5) is 0 Å². The normalized spacial score (nSPS) is 13.3. The summed E-state index contributed by atoms with van der Waals surface area (Å²) in [5, 5.41) is 17.9. The molecule has 0 unspecified atom stereocenters. The molecule has 0 amide bonds. The van der Waals surface area contributed by atoms with Crippen LogP contribution in [0.25, 0.3) is 22.8 Å². The van der Waals surface area contributed by atoms with Crippen molar-refractivity contribution in [2.45, 2.75) is 13.8 Å². The van der Waals surface area contributed by atoms with Crippen LogP contribution in [-0.2, 0) is 0 Å². The number of allylic oxidation sites excluding steroid dienone is 1. The van der Waals surface area contributed by atoms with Crippen molar-refractivity contribution >= 4 is 22.8 Å². The Bertz CT molecular complexity index is 1030. The van der Waals surface area contributed by atoms with Crippen molar-refractivity contribution < 1.29 is 9.47 Å². The van der Waals surface area contributed by atoms with Gasteiger partial charge in [-0.2, -0.15) is 5.26 Å². The third-order valence-electron chi connectivity index (χ3n) is 4.10. The first-order chi connectivity index (χ1) is 11.7. The molecule has 118 valence electrons. The molecule has 0 saturated heterocycles. The Labute approximate surface area is 138 Å². The maximum absolute atomic E-state index is 9.57. The van der Waals surface area contributed by atoms with Gasteiger partial charge in [0.1, 0.15) is 17.3 Å². The summed E-state index contributed by atoms with van der Waals surface area (Å²) in [5.74, 6) is 1.39. The van der Waals surface area contributed by atoms with E-state index in [2.05, 4.69) is 16.4 Å². The second kappa shape index (κ2) is 5.39. The molecule has 0 fully saturated rings. The first kappa shape index (κ1) is 14.3. The van der Waals surface area contributed by atoms with Crippen LogP contribution in [0.15, 0.2) is 30.3 Å². The minimum atomic E-state index is 0.222. The van der Waals surface area contributed by atoms with Gasteiger partial charge in [-0.1, -0.05) is 11.3 Å². The molecule has 24 heavy (non-hydrogen) atoms. The van der Waals surface area contributed by atoms with Crippen LogP contribution in [-0.4, -0.2) is 21.8 Å². The Morgan fingerprint density at radius 3 is 2.79 bits per heavy atom. The average molecular weight is 318 g/mol. The fourth-order valence-electron chi connectivity index (χ4n) is 2.66. The summed E-state index contributed by atoms with van der Waals surface area (Å²) in [4.78, 5) is 0. The van der Waals surface area contributed by atoms with Crippen molar-refractivity contribution in [3.63, 3.8) is 0 Å². The Kier molecular flexibility index (Phi) is 3.21. The van der Waals surface area contributed by atoms with Crippen molar-refractivity contribution in [1.29, 1.82) is 5.26 Å². The quantitative estimate of drug-likeness (QED) is 0.678. The van der Waals surface area contributed by atoms with Gasteiger partial charge >= 0.3 is 0 Å². The van der Waals surface area contributed by atoms with E-state index in [4.69, 9.17) is 9.47 Å². The number of benzene rings is 2. The number of nitrogens with zero attached hydrogens (tertiary/aromatic N) is 4. The number of fused-ring (bicyclic) bond motifs is 2. The predicted molar refractivity (Wildman–Crippen MR) is 89.3 cm³/mol. The second-order valence-corrected chi connectivity index (χ2v) is 5.68. The molecule has 0 bridgehead atoms. The summed E-state index contributed by atoms with van der Waals surface area (Å²) in [6, 6.07) is 11.7. The monoisotopic (exact) mass is 318 g/mol. The van der Waals surface area contributed by atoms with Crippen LogP contribution in [0.1, 0.15) is 16.7 Å². The van der Waals surface area contributed by atoms with E-state index in [-0.39, 0.29) is 6.79 Å². The minimum Gasteiger partial charge on any atom is -0.454 e. The Hall–Kier alpha value is -3.33. The van der Waals surface area contributed by atoms with Crippen molar-refractivity contribution in [1.82, 2.24) is 15.0 Å². The molecule has 0 saturated carbocycles. The van der Waals surface area contributed by atoms with Crippen LogP contribution < -0.4 is 9.47 Å². The topological polar surface area (TPSA) is 73.0 Å². The Morgan fingerprint density at radius 1 is 1.17 bits per heavy atom. The van der Waals surface area contributed by atoms with E-state index < -0.39 is 0 Å². The number of aromatic nitrogens is 3. The molecule has 3 aromatic rings. The van der Waals surface area contributed by atoms with Gasteiger partial charge in [0.25, 0.3) is 0 Å². The molecule has 0 atom stereocenters. The number of rotatable bonds is 2. The SMILES string of the molecule is Cc1cc2nnn(/C(C#N)=C/c3ccc4c(c3)OCO4)c2cc1C. The molecule has 0 aliphatic carbocycles. The summed E-state index contributed by atoms with van der Waals surface area (Å²) >= 11 is 0. The van der Waals surface area contributed by atoms with Crippen LogP contribution in [0.5, 0.6) is 11.5 Å². The van der Waals surface area contributed by atoms with Gasteiger partial charge in [-0.25, -0.2) is 4.68 Å². The van der Waals surface area contributed by atoms with Crippen LogP contribution in [0.2, 0.25) is 0 Å². The van der Waals surface area contributed by atoms with Crippen molar-refractivity contribution in [3.05, 3.63) is 47.0 Å². The average Bonchev–Trinajstić information content (AvgIpc) is 3.19. The zero-order valence-corrected chi connectivity index (χ0v) is 13.3. The third-order valence-corrected chi connectivity index (χ3v) is 4.10. The lowest BCUT2D eigenvalue weighted by atomic mass is 10.1. The Balaban J connectivity index is 1.82. The fraction of sp³-hybridized carbons (Fsp3) is 0.167. The van der Waals surface area contributed by atoms with E-state index in [1.54, 1.807) is 10.8 Å². The van der Waals surface area contributed by atoms with Crippen molar-refractivity contribution in [2.75, 3.05) is 6.79 Å². The maximum Gasteiger partial charge on any atom is 0.231 e. The van der Waals surface area contributed by atoms with Gasteiger partial charge in [-0.3, -0.25) is 0 Å². The van der Waals surface area contributed by atoms with E-state index in [9.17, 15) is 5.26 Å². The zero-order chi connectivity index (χ0) is 16.7. The van der Waals surface area contributed by atoms with Gasteiger partial charge in [0, 0.05) is 0 Å². The van der Waals surface area contributed by atoms with Gasteiger partial charge in [0.15, 0.2) is 11.5 Å². The molecule has 6 nitrogen and oxygen atoms in total. The molecule has 2 heterocycles. The first-order valence-electron chi connectivity index (χ1n) is 7.50. The number of nitriles is 1. The van der Waals surface area contributed by atoms with E-state index in [0.29, 0.717) is 17.2 Å². The Morgan fingerprint density at radius 2 is 1.96 bits per heavy atom. The van der Waals surface area contributed by atoms with E-state index in [1.807, 2.05) is 44.2 Å². The van der Waals surface area contributed by atoms with Crippen LogP contribution in [0, 0.1) is 25.2 Å². The molecule has 2 aromatic carbocycles. The molecule has 1 aliphatic heterocycles. The van der Waals surface area contributed by atoms with Gasteiger partial charge in [-0.05, 0) is 60.9 Å². The lowest BCUT2D eigenvalue weighted by molar-refractivity contribution is 0.174. The predicted octanol–water partition coefficient (Wildman–Crippen LogP) is 3.30. The molecule has 0 radical (unpaired) electrons. The van der Waals surface area contributed by atoms with Gasteiger partial charge in [-0.15, -0.1) is 5.10 Å². The molecule has 4 rings (SSSR count). The van der Waals surface area contributed by atoms with Crippen molar-refractivity contribution in [3.8, 4) is 17.6 Å². The standard InChI is InChI=1S/C18H14N4O2/c1-11-5-15-16(6-12(11)2)22(21-20-15)14(9-19)7-13-3-4-17-18(8-13)24-10-23-17/h3-8H,10H2,1-2H3/b14-7+. The highest BCUT2D eigenvalue weighted by atomic mass is 16.7. The number of hydrogen-bond donors (Lipinski definition) is 0. The lowest BCUT2D eigenvalue weighted by Crippen LogP contribution is -1.98. The van der Waals surface area contributed by atoms with Gasteiger partial charge < -0.3 is 9.47 Å². The summed E-state index contributed by atoms with van der Waals surface area (Å²) in [6.45, 7) is 4.28. The van der Waals surface area contributed by atoms with Gasteiger partial charge in [0.05, 0.1) is 5.52 Å². The minimum absolute atomic E-state index is 0.222. The molecule has 0 N–H and O–H groups in total. The molecule has 0 spiro atoms. The number of ether oxygens (including phenoxy) is 2. The van der Waals surface area contributed by atoms with Crippen molar-refractivity contribution in [2.24, 2.45) is 0 Å². The highest BCUT2D eigenvalue weighted by Crippen LogP contribution is 2.33. The molecule has 6 heteroatoms. The summed E-state index contributed by atoms with van der Waals surface area (Å²) in [6.07, 6.45) is 1.76. The molecular formula is C18H14N4O2. The van der Waals surface area contributed by atoms with Crippen LogP contribution >= 0.6 is 0 Å². The highest BCUT2D eigenvalue weighted by Gasteiger charge is 2.14. The molecule has 1 aromatic heterocycles. The van der Waals surface area contributed by atoms with Crippen LogP contribution in [0.3, 0.4) is 0 Å². The van der Waals surface area contributed by atoms with E-state index >= 15 is 0 Å². The second-order valence-electron chi connectivity index (χ2n) is 5.68. The lowest BCUT2D eigenvalue weighted by Gasteiger charge is -2.03. The molecular weight excluding hydrogens is 304 g/mol. The van der Waals surface area contributed by atoms with E-state index in [0.717, 1.165) is 27.7 Å². The number of aryl methyl sites for hydroxylation is 2. The number of hydrogen-bond acceptors (Lipinski definition) is 5. The summed E-state index contributed by atoms with van der Waals surface area (Å²) in [5.41, 5.74) is 5.08. The van der Waals surface area contributed by atoms with Gasteiger partial charge in [0.2, 0.25) is 6.79 Å². The maximum atomic E-state index is 9.57. The summed E-state index contributed by atoms with van der Waals surface area (Å²) < 4.78 is 12.2. The highest BCUT2D eigenvalue weighted by molar-refractivity contribution is 5.87. The molecule has 1 aliphatic rings. The van der Waals surface area contributed by atoms with E-state index in [1.165, 1.54) is 0 Å². The fourth-order valence-corrected chi connectivity index (χ4v) is 2.66. The first-order valence-corrected chi connectivity index (χ1v) is 7.50. The third kappa shape index (κ3) is 2.27. The zero-order valence-electron chi connectivity index (χ0n) is 13.3. The summed E-state index contributed by atoms with van der Waals surface area (Å²) in [7, 11) is 0. The largest absolute Gasteiger partial charge is 0.454 e. The smallest absolute Gasteiger partial charge is 0.231 e.